The maximum Gasteiger partial charge on any atom is 0.182 e. The van der Waals surface area contributed by atoms with Crippen molar-refractivity contribution >= 4 is 21.5 Å². The molecule has 0 saturated carbocycles. The van der Waals surface area contributed by atoms with Gasteiger partial charge < -0.3 is 10.6 Å². The van der Waals surface area contributed by atoms with Crippen molar-refractivity contribution in [3.63, 3.8) is 0 Å². The third kappa shape index (κ3) is 2.46. The molecule has 0 amide bonds. The fraction of sp³-hybridized carbons (Fsp3) is 0.333. The van der Waals surface area contributed by atoms with Crippen LogP contribution in [0, 0.1) is 6.92 Å². The van der Waals surface area contributed by atoms with Gasteiger partial charge in [0.15, 0.2) is 26.4 Å². The molecule has 0 aliphatic rings. The molecular weight excluding hydrogens is 278 g/mol. The number of nitrogens with two attached hydrogens (primary N) is 1. The third-order valence-corrected chi connectivity index (χ3v) is 3.90. The summed E-state index contributed by atoms with van der Waals surface area (Å²) in [6.45, 7) is 1.91. The summed E-state index contributed by atoms with van der Waals surface area (Å²) in [5.74, 6) is 0.850. The van der Waals surface area contributed by atoms with Gasteiger partial charge in [-0.15, -0.1) is 5.10 Å². The molecule has 0 atom stereocenters. The number of aromatic nitrogens is 3. The van der Waals surface area contributed by atoms with Gasteiger partial charge in [-0.05, 0) is 24.6 Å². The van der Waals surface area contributed by atoms with Crippen molar-refractivity contribution in [2.24, 2.45) is 0 Å². The maximum atomic E-state index is 11.9. The molecule has 0 saturated heterocycles. The van der Waals surface area contributed by atoms with E-state index < -0.39 is 9.84 Å². The van der Waals surface area contributed by atoms with E-state index in [1.165, 1.54) is 4.68 Å². The molecule has 2 aromatic heterocycles. The van der Waals surface area contributed by atoms with Gasteiger partial charge in [0, 0.05) is 26.5 Å². The SMILES string of the molecule is Cc1ccnc(-n2nc(N(C)C)c(S(C)(=O)=O)c2N)c1. The zero-order valence-electron chi connectivity index (χ0n) is 11.8. The number of nitrogens with zero attached hydrogens (tertiary/aromatic N) is 4. The van der Waals surface area contributed by atoms with E-state index in [0.29, 0.717) is 11.6 Å². The second-order valence-corrected chi connectivity index (χ2v) is 6.76. The molecule has 2 heterocycles. The lowest BCUT2D eigenvalue weighted by Crippen LogP contribution is -2.13. The monoisotopic (exact) mass is 295 g/mol. The predicted molar refractivity (Wildman–Crippen MR) is 77.9 cm³/mol. The van der Waals surface area contributed by atoms with Crippen LogP contribution < -0.4 is 10.6 Å². The Morgan fingerprint density at radius 2 is 2.00 bits per heavy atom. The van der Waals surface area contributed by atoms with E-state index in [1.54, 1.807) is 31.3 Å². The van der Waals surface area contributed by atoms with Gasteiger partial charge in [0.2, 0.25) is 0 Å². The Morgan fingerprint density at radius 1 is 1.35 bits per heavy atom. The Morgan fingerprint density at radius 3 is 2.45 bits per heavy atom. The number of aryl methyl sites for hydroxylation is 1. The molecule has 2 rings (SSSR count). The minimum absolute atomic E-state index is 0.0193. The van der Waals surface area contributed by atoms with Crippen LogP contribution in [-0.4, -0.2) is 43.5 Å². The van der Waals surface area contributed by atoms with Crippen LogP contribution in [0.15, 0.2) is 23.2 Å². The van der Waals surface area contributed by atoms with Gasteiger partial charge >= 0.3 is 0 Å². The van der Waals surface area contributed by atoms with Crippen molar-refractivity contribution < 1.29 is 8.42 Å². The Balaban J connectivity index is 2.75. The number of hydrogen-bond donors (Lipinski definition) is 1. The molecule has 8 heteroatoms. The molecule has 2 N–H and O–H groups in total. The van der Waals surface area contributed by atoms with Crippen LogP contribution in [0.2, 0.25) is 0 Å². The summed E-state index contributed by atoms with van der Waals surface area (Å²) in [4.78, 5) is 5.80. The van der Waals surface area contributed by atoms with Gasteiger partial charge in [-0.3, -0.25) is 0 Å². The summed E-state index contributed by atoms with van der Waals surface area (Å²) in [6, 6.07) is 3.63. The van der Waals surface area contributed by atoms with Crippen LogP contribution in [0.1, 0.15) is 5.56 Å². The van der Waals surface area contributed by atoms with Crippen LogP contribution in [0.25, 0.3) is 5.82 Å². The summed E-state index contributed by atoms with van der Waals surface area (Å²) in [6.07, 6.45) is 2.74. The van der Waals surface area contributed by atoms with Crippen LogP contribution in [0.3, 0.4) is 0 Å². The number of sulfone groups is 1. The highest BCUT2D eigenvalue weighted by Crippen LogP contribution is 2.30. The van der Waals surface area contributed by atoms with Gasteiger partial charge in [-0.2, -0.15) is 4.68 Å². The average Bonchev–Trinajstić information content (AvgIpc) is 2.66. The lowest BCUT2D eigenvalue weighted by molar-refractivity contribution is 0.602. The molecule has 0 fully saturated rings. The highest BCUT2D eigenvalue weighted by molar-refractivity contribution is 7.91. The standard InChI is InChI=1S/C12H17N5O2S/c1-8-5-6-14-9(7-8)17-11(13)10(20(4,18)19)12(15-17)16(2)3/h5-7H,13H2,1-4H3. The first kappa shape index (κ1) is 14.3. The molecule has 0 spiro atoms. The van der Waals surface area contributed by atoms with Gasteiger partial charge in [-0.1, -0.05) is 0 Å². The van der Waals surface area contributed by atoms with E-state index in [0.717, 1.165) is 11.8 Å². The Hall–Kier alpha value is -2.09. The second-order valence-electron chi connectivity index (χ2n) is 4.81. The van der Waals surface area contributed by atoms with Gasteiger partial charge in [0.1, 0.15) is 5.82 Å². The van der Waals surface area contributed by atoms with Crippen molar-refractivity contribution in [1.82, 2.24) is 14.8 Å². The third-order valence-electron chi connectivity index (χ3n) is 2.77. The summed E-state index contributed by atoms with van der Waals surface area (Å²) in [7, 11) is -0.0587. The average molecular weight is 295 g/mol. The molecule has 0 aliphatic heterocycles. The normalized spacial score (nSPS) is 11.6. The molecule has 108 valence electrons. The number of hydrogen-bond acceptors (Lipinski definition) is 6. The van der Waals surface area contributed by atoms with E-state index in [1.807, 2.05) is 13.0 Å². The number of pyridine rings is 1. The molecule has 0 unspecified atom stereocenters. The van der Waals surface area contributed by atoms with Gasteiger partial charge in [0.05, 0.1) is 0 Å². The van der Waals surface area contributed by atoms with E-state index in [2.05, 4.69) is 10.1 Å². The lowest BCUT2D eigenvalue weighted by Gasteiger charge is -2.09. The smallest absolute Gasteiger partial charge is 0.182 e. The lowest BCUT2D eigenvalue weighted by atomic mass is 10.3. The second kappa shape index (κ2) is 4.78. The van der Waals surface area contributed by atoms with Crippen LogP contribution in [0.5, 0.6) is 0 Å². The highest BCUT2D eigenvalue weighted by atomic mass is 32.2. The molecular formula is C12H17N5O2S. The Bertz CT molecular complexity index is 749. The molecule has 20 heavy (non-hydrogen) atoms. The molecule has 2 aromatic rings. The first-order valence-corrected chi connectivity index (χ1v) is 7.80. The van der Waals surface area contributed by atoms with E-state index >= 15 is 0 Å². The predicted octanol–water partition coefficient (Wildman–Crippen LogP) is 0.627. The fourth-order valence-electron chi connectivity index (χ4n) is 1.86. The quantitative estimate of drug-likeness (QED) is 0.892. The summed E-state index contributed by atoms with van der Waals surface area (Å²) < 4.78 is 25.2. The van der Waals surface area contributed by atoms with Crippen LogP contribution in [0.4, 0.5) is 11.6 Å². The minimum Gasteiger partial charge on any atom is -0.382 e. The summed E-state index contributed by atoms with van der Waals surface area (Å²) in [5, 5.41) is 4.26. The molecule has 0 aromatic carbocycles. The van der Waals surface area contributed by atoms with Crippen LogP contribution in [-0.2, 0) is 9.84 Å². The number of nitrogen functional groups attached to an aromatic ring is 1. The van der Waals surface area contributed by atoms with Crippen molar-refractivity contribution in [3.8, 4) is 5.82 Å². The number of anilines is 2. The zero-order valence-corrected chi connectivity index (χ0v) is 12.6. The van der Waals surface area contributed by atoms with Gasteiger partial charge in [0.25, 0.3) is 0 Å². The maximum absolute atomic E-state index is 11.9. The zero-order chi connectivity index (χ0) is 15.1. The molecule has 0 radical (unpaired) electrons. The van der Waals surface area contributed by atoms with Crippen LogP contribution >= 0.6 is 0 Å². The van der Waals surface area contributed by atoms with Crippen molar-refractivity contribution in [2.75, 3.05) is 31.0 Å². The van der Waals surface area contributed by atoms with Crippen molar-refractivity contribution in [1.29, 1.82) is 0 Å². The fourth-order valence-corrected chi connectivity index (χ4v) is 2.89. The molecule has 0 aliphatic carbocycles. The van der Waals surface area contributed by atoms with Crippen molar-refractivity contribution in [3.05, 3.63) is 23.9 Å². The molecule has 0 bridgehead atoms. The first-order valence-electron chi connectivity index (χ1n) is 5.90. The Labute approximate surface area is 118 Å². The minimum atomic E-state index is -3.48. The van der Waals surface area contributed by atoms with Gasteiger partial charge in [-0.25, -0.2) is 13.4 Å². The van der Waals surface area contributed by atoms with E-state index in [-0.39, 0.29) is 10.7 Å². The summed E-state index contributed by atoms with van der Waals surface area (Å²) >= 11 is 0. The largest absolute Gasteiger partial charge is 0.382 e. The number of rotatable bonds is 3. The van der Waals surface area contributed by atoms with E-state index in [4.69, 9.17) is 5.73 Å². The highest BCUT2D eigenvalue weighted by Gasteiger charge is 2.26. The molecule has 7 nitrogen and oxygen atoms in total. The Kier molecular flexibility index (Phi) is 3.43. The van der Waals surface area contributed by atoms with E-state index in [9.17, 15) is 8.42 Å². The first-order chi connectivity index (χ1) is 9.21. The van der Waals surface area contributed by atoms with Crippen molar-refractivity contribution in [2.45, 2.75) is 11.8 Å². The topological polar surface area (TPSA) is 94.1 Å². The summed E-state index contributed by atoms with van der Waals surface area (Å²) in [5.41, 5.74) is 6.95.